The summed E-state index contributed by atoms with van der Waals surface area (Å²) in [6.45, 7) is 0.879. The molecule has 0 spiro atoms. The van der Waals surface area contributed by atoms with E-state index in [9.17, 15) is 0 Å². The van der Waals surface area contributed by atoms with Crippen LogP contribution in [-0.2, 0) is 6.54 Å². The molecule has 1 aromatic carbocycles. The van der Waals surface area contributed by atoms with Crippen LogP contribution in [0.25, 0.3) is 10.9 Å². The Labute approximate surface area is 76.9 Å². The average molecular weight is 175 g/mol. The average Bonchev–Trinajstić information content (AvgIpc) is 2.49. The molecule has 2 aromatic rings. The summed E-state index contributed by atoms with van der Waals surface area (Å²) in [5, 5.41) is 4.37. The SMILES string of the molecule is CNCc1c[nH]c2cc(N)ccc12. The van der Waals surface area contributed by atoms with E-state index in [1.807, 2.05) is 31.4 Å². The molecule has 0 saturated carbocycles. The smallest absolute Gasteiger partial charge is 0.0477 e. The quantitative estimate of drug-likeness (QED) is 0.605. The van der Waals surface area contributed by atoms with Crippen LogP contribution in [0, 0.1) is 0 Å². The minimum Gasteiger partial charge on any atom is -0.399 e. The normalized spacial score (nSPS) is 10.8. The van der Waals surface area contributed by atoms with Gasteiger partial charge in [-0.05, 0) is 24.7 Å². The first-order valence-corrected chi connectivity index (χ1v) is 4.31. The van der Waals surface area contributed by atoms with Crippen LogP contribution in [0.2, 0.25) is 0 Å². The van der Waals surface area contributed by atoms with E-state index >= 15 is 0 Å². The van der Waals surface area contributed by atoms with Crippen molar-refractivity contribution in [1.29, 1.82) is 0 Å². The van der Waals surface area contributed by atoms with E-state index in [0.29, 0.717) is 0 Å². The number of aromatic amines is 1. The summed E-state index contributed by atoms with van der Waals surface area (Å²) in [6.07, 6.45) is 2.01. The van der Waals surface area contributed by atoms with Crippen molar-refractivity contribution in [3.05, 3.63) is 30.0 Å². The first-order valence-electron chi connectivity index (χ1n) is 4.31. The van der Waals surface area contributed by atoms with Crippen LogP contribution < -0.4 is 11.1 Å². The molecule has 68 valence electrons. The van der Waals surface area contributed by atoms with E-state index in [1.54, 1.807) is 0 Å². The fraction of sp³-hybridized carbons (Fsp3) is 0.200. The van der Waals surface area contributed by atoms with Gasteiger partial charge in [0.05, 0.1) is 0 Å². The lowest BCUT2D eigenvalue weighted by atomic mass is 10.1. The van der Waals surface area contributed by atoms with E-state index in [2.05, 4.69) is 10.3 Å². The zero-order chi connectivity index (χ0) is 9.26. The van der Waals surface area contributed by atoms with Crippen molar-refractivity contribution in [3.8, 4) is 0 Å². The largest absolute Gasteiger partial charge is 0.399 e. The predicted octanol–water partition coefficient (Wildman–Crippen LogP) is 1.47. The number of anilines is 1. The number of hydrogen-bond donors (Lipinski definition) is 3. The second-order valence-corrected chi connectivity index (χ2v) is 3.15. The first-order chi connectivity index (χ1) is 6.31. The molecule has 0 aliphatic rings. The highest BCUT2D eigenvalue weighted by atomic mass is 14.8. The van der Waals surface area contributed by atoms with Gasteiger partial charge in [0.1, 0.15) is 0 Å². The van der Waals surface area contributed by atoms with Crippen molar-refractivity contribution >= 4 is 16.6 Å². The van der Waals surface area contributed by atoms with Gasteiger partial charge in [-0.25, -0.2) is 0 Å². The minimum atomic E-state index is 0.797. The van der Waals surface area contributed by atoms with Gasteiger partial charge in [-0.3, -0.25) is 0 Å². The van der Waals surface area contributed by atoms with E-state index in [1.165, 1.54) is 10.9 Å². The summed E-state index contributed by atoms with van der Waals surface area (Å²) in [5.74, 6) is 0. The Hall–Kier alpha value is -1.48. The third-order valence-electron chi connectivity index (χ3n) is 2.16. The topological polar surface area (TPSA) is 53.8 Å². The molecule has 3 heteroatoms. The van der Waals surface area contributed by atoms with Crippen LogP contribution in [0.15, 0.2) is 24.4 Å². The van der Waals surface area contributed by atoms with Crippen molar-refractivity contribution < 1.29 is 0 Å². The highest BCUT2D eigenvalue weighted by Gasteiger charge is 2.01. The van der Waals surface area contributed by atoms with Crippen molar-refractivity contribution in [3.63, 3.8) is 0 Å². The van der Waals surface area contributed by atoms with Gasteiger partial charge in [-0.15, -0.1) is 0 Å². The Bertz CT molecular complexity index is 417. The lowest BCUT2D eigenvalue weighted by Gasteiger charge is -1.97. The number of H-pyrrole nitrogens is 1. The third-order valence-corrected chi connectivity index (χ3v) is 2.16. The second kappa shape index (κ2) is 3.11. The molecule has 4 N–H and O–H groups in total. The van der Waals surface area contributed by atoms with Crippen molar-refractivity contribution in [2.24, 2.45) is 0 Å². The molecule has 0 atom stereocenters. The molecular weight excluding hydrogens is 162 g/mol. The predicted molar refractivity (Wildman–Crippen MR) is 55.5 cm³/mol. The third kappa shape index (κ3) is 1.38. The van der Waals surface area contributed by atoms with Gasteiger partial charge in [0.15, 0.2) is 0 Å². The van der Waals surface area contributed by atoms with E-state index in [-0.39, 0.29) is 0 Å². The highest BCUT2D eigenvalue weighted by molar-refractivity contribution is 5.85. The molecule has 0 aliphatic heterocycles. The Kier molecular flexibility index (Phi) is 1.94. The zero-order valence-corrected chi connectivity index (χ0v) is 7.59. The van der Waals surface area contributed by atoms with E-state index in [4.69, 9.17) is 5.73 Å². The number of nitrogens with two attached hydrogens (primary N) is 1. The molecule has 0 saturated heterocycles. The maximum Gasteiger partial charge on any atom is 0.0477 e. The summed E-state index contributed by atoms with van der Waals surface area (Å²) in [4.78, 5) is 3.19. The second-order valence-electron chi connectivity index (χ2n) is 3.15. The van der Waals surface area contributed by atoms with Crippen molar-refractivity contribution in [2.45, 2.75) is 6.54 Å². The molecule has 1 heterocycles. The molecule has 0 fully saturated rings. The summed E-state index contributed by atoms with van der Waals surface area (Å²) in [6, 6.07) is 5.93. The maximum atomic E-state index is 5.67. The monoisotopic (exact) mass is 175 g/mol. The van der Waals surface area contributed by atoms with Crippen molar-refractivity contribution in [2.75, 3.05) is 12.8 Å². The van der Waals surface area contributed by atoms with Crippen LogP contribution in [0.5, 0.6) is 0 Å². The number of benzene rings is 1. The van der Waals surface area contributed by atoms with Crippen LogP contribution in [-0.4, -0.2) is 12.0 Å². The summed E-state index contributed by atoms with van der Waals surface area (Å²) in [7, 11) is 1.94. The fourth-order valence-electron chi connectivity index (χ4n) is 1.54. The van der Waals surface area contributed by atoms with Gasteiger partial charge >= 0.3 is 0 Å². The first kappa shape index (κ1) is 8.13. The standard InChI is InChI=1S/C10H13N3/c1-12-5-7-6-13-10-4-8(11)2-3-9(7)10/h2-4,6,12-13H,5,11H2,1H3. The molecule has 2 rings (SSSR count). The lowest BCUT2D eigenvalue weighted by Crippen LogP contribution is -2.03. The molecule has 1 aromatic heterocycles. The Morgan fingerprint density at radius 3 is 3.08 bits per heavy atom. The van der Waals surface area contributed by atoms with E-state index < -0.39 is 0 Å². The van der Waals surface area contributed by atoms with Crippen LogP contribution >= 0.6 is 0 Å². The van der Waals surface area contributed by atoms with Gasteiger partial charge in [0.2, 0.25) is 0 Å². The molecule has 0 unspecified atom stereocenters. The minimum absolute atomic E-state index is 0.797. The Balaban J connectivity index is 2.55. The summed E-state index contributed by atoms with van der Waals surface area (Å²) >= 11 is 0. The number of nitrogen functional groups attached to an aromatic ring is 1. The number of fused-ring (bicyclic) bond motifs is 1. The molecule has 0 radical (unpaired) electrons. The highest BCUT2D eigenvalue weighted by Crippen LogP contribution is 2.20. The van der Waals surface area contributed by atoms with Gasteiger partial charge in [-0.1, -0.05) is 6.07 Å². The molecule has 0 bridgehead atoms. The van der Waals surface area contributed by atoms with Gasteiger partial charge in [0.25, 0.3) is 0 Å². The van der Waals surface area contributed by atoms with Gasteiger partial charge < -0.3 is 16.0 Å². The van der Waals surface area contributed by atoms with Gasteiger partial charge in [-0.2, -0.15) is 0 Å². The summed E-state index contributed by atoms with van der Waals surface area (Å²) in [5.41, 5.74) is 8.85. The molecule has 0 amide bonds. The molecule has 0 aliphatic carbocycles. The number of hydrogen-bond acceptors (Lipinski definition) is 2. The van der Waals surface area contributed by atoms with Crippen LogP contribution in [0.3, 0.4) is 0 Å². The maximum absolute atomic E-state index is 5.67. The molecule has 3 nitrogen and oxygen atoms in total. The Morgan fingerprint density at radius 2 is 2.31 bits per heavy atom. The van der Waals surface area contributed by atoms with Crippen LogP contribution in [0.1, 0.15) is 5.56 Å². The van der Waals surface area contributed by atoms with Crippen molar-refractivity contribution in [1.82, 2.24) is 10.3 Å². The Morgan fingerprint density at radius 1 is 1.46 bits per heavy atom. The molecular formula is C10H13N3. The number of rotatable bonds is 2. The van der Waals surface area contributed by atoms with Crippen LogP contribution in [0.4, 0.5) is 5.69 Å². The summed E-state index contributed by atoms with van der Waals surface area (Å²) < 4.78 is 0. The zero-order valence-electron chi connectivity index (χ0n) is 7.59. The van der Waals surface area contributed by atoms with Gasteiger partial charge in [0, 0.05) is 29.3 Å². The number of nitrogens with one attached hydrogen (secondary N) is 2. The lowest BCUT2D eigenvalue weighted by molar-refractivity contribution is 0.823. The molecule has 13 heavy (non-hydrogen) atoms. The van der Waals surface area contributed by atoms with E-state index in [0.717, 1.165) is 17.7 Å². The fourth-order valence-corrected chi connectivity index (χ4v) is 1.54. The number of aromatic nitrogens is 1.